The molecule has 0 bridgehead atoms. The van der Waals surface area contributed by atoms with Gasteiger partial charge >= 0.3 is 5.97 Å². The number of carbonyl (C=O) groups is 2. The van der Waals surface area contributed by atoms with E-state index in [0.717, 1.165) is 11.1 Å². The summed E-state index contributed by atoms with van der Waals surface area (Å²) in [6.07, 6.45) is -0.794. The molecule has 4 rings (SSSR count). The molecule has 1 amide bonds. The number of rotatable bonds is 7. The van der Waals surface area contributed by atoms with Crippen LogP contribution in [0, 0.1) is 6.92 Å². The number of hydrogen-bond acceptors (Lipinski definition) is 6. The van der Waals surface area contributed by atoms with Crippen LogP contribution in [-0.2, 0) is 19.6 Å². The second-order valence-corrected chi connectivity index (χ2v) is 9.61. The lowest BCUT2D eigenvalue weighted by Crippen LogP contribution is -2.32. The number of fused-ring (bicyclic) bond motifs is 1. The van der Waals surface area contributed by atoms with Crippen LogP contribution in [0.3, 0.4) is 0 Å². The molecule has 0 fully saturated rings. The number of aryl methyl sites for hydroxylation is 1. The Hall–Kier alpha value is -4.02. The molecule has 0 saturated heterocycles. The number of imidazole rings is 1. The summed E-state index contributed by atoms with van der Waals surface area (Å²) < 4.78 is 28.2. The van der Waals surface area contributed by atoms with Crippen molar-refractivity contribution in [3.05, 3.63) is 77.9 Å². The first-order valence-corrected chi connectivity index (χ1v) is 12.4. The van der Waals surface area contributed by atoms with Crippen LogP contribution in [0.15, 0.2) is 71.6 Å². The molecule has 1 heterocycles. The first kappa shape index (κ1) is 24.1. The molecule has 180 valence electrons. The monoisotopic (exact) mass is 492 g/mol. The van der Waals surface area contributed by atoms with Gasteiger partial charge in [0.2, 0.25) is 10.0 Å². The van der Waals surface area contributed by atoms with Gasteiger partial charge in [-0.3, -0.25) is 4.79 Å². The van der Waals surface area contributed by atoms with E-state index < -0.39 is 28.0 Å². The third-order valence-corrected chi connectivity index (χ3v) is 6.33. The molecule has 0 aliphatic rings. The molecule has 9 nitrogen and oxygen atoms in total. The number of benzene rings is 3. The van der Waals surface area contributed by atoms with Crippen LogP contribution in [0.4, 0.5) is 5.69 Å². The Bertz CT molecular complexity index is 1490. The third-order valence-electron chi connectivity index (χ3n) is 5.41. The molecular weight excluding hydrogens is 468 g/mol. The number of amides is 1. The van der Waals surface area contributed by atoms with E-state index in [9.17, 15) is 18.0 Å². The van der Waals surface area contributed by atoms with E-state index in [0.29, 0.717) is 22.5 Å². The number of esters is 1. The highest BCUT2D eigenvalue weighted by Crippen LogP contribution is 2.22. The molecule has 0 saturated carbocycles. The summed E-state index contributed by atoms with van der Waals surface area (Å²) in [5.74, 6) is -0.497. The molecule has 35 heavy (non-hydrogen) atoms. The van der Waals surface area contributed by atoms with Crippen molar-refractivity contribution in [3.8, 4) is 11.4 Å². The molecule has 4 N–H and O–H groups in total. The number of sulfonamides is 1. The van der Waals surface area contributed by atoms with E-state index >= 15 is 0 Å². The first-order valence-electron chi connectivity index (χ1n) is 10.9. The average Bonchev–Trinajstić information content (AvgIpc) is 3.26. The van der Waals surface area contributed by atoms with Gasteiger partial charge in [0.05, 0.1) is 21.5 Å². The molecule has 4 aromatic rings. The van der Waals surface area contributed by atoms with Gasteiger partial charge in [-0.25, -0.2) is 23.3 Å². The van der Waals surface area contributed by atoms with Crippen molar-refractivity contribution in [1.29, 1.82) is 0 Å². The quantitative estimate of drug-likeness (QED) is 0.335. The number of ether oxygens (including phenoxy) is 1. The van der Waals surface area contributed by atoms with Crippen LogP contribution in [0.1, 0.15) is 29.3 Å². The molecule has 0 spiro atoms. The number of hydrogen-bond donors (Lipinski definition) is 3. The maximum atomic E-state index is 12.8. The van der Waals surface area contributed by atoms with Gasteiger partial charge < -0.3 is 15.0 Å². The highest BCUT2D eigenvalue weighted by Gasteiger charge is 2.23. The minimum absolute atomic E-state index is 0.0753. The number of primary sulfonamides is 1. The van der Waals surface area contributed by atoms with Gasteiger partial charge in [0.25, 0.3) is 5.91 Å². The molecular formula is C25H24N4O5S. The lowest BCUT2D eigenvalue weighted by atomic mass is 10.1. The predicted octanol–water partition coefficient (Wildman–Crippen LogP) is 3.76. The van der Waals surface area contributed by atoms with Crippen LogP contribution in [0.25, 0.3) is 22.4 Å². The molecule has 0 aliphatic carbocycles. The van der Waals surface area contributed by atoms with E-state index in [1.165, 1.54) is 24.3 Å². The fourth-order valence-corrected chi connectivity index (χ4v) is 3.97. The van der Waals surface area contributed by atoms with Crippen molar-refractivity contribution in [1.82, 2.24) is 9.97 Å². The SMILES string of the molecule is CCC(OC(=O)c1ccc2nc(-c3ccc(C)cc3)[nH]c2c1)C(=O)Nc1ccc(S(N)(=O)=O)cc1. The Morgan fingerprint density at radius 3 is 2.37 bits per heavy atom. The number of nitrogens with two attached hydrogens (primary N) is 1. The maximum Gasteiger partial charge on any atom is 0.338 e. The summed E-state index contributed by atoms with van der Waals surface area (Å²) in [5, 5.41) is 7.70. The van der Waals surface area contributed by atoms with Gasteiger partial charge in [-0.15, -0.1) is 0 Å². The number of aromatic nitrogens is 2. The average molecular weight is 493 g/mol. The number of nitrogens with one attached hydrogen (secondary N) is 2. The zero-order valence-electron chi connectivity index (χ0n) is 19.1. The number of carbonyl (C=O) groups excluding carboxylic acids is 2. The fourth-order valence-electron chi connectivity index (χ4n) is 3.45. The topological polar surface area (TPSA) is 144 Å². The van der Waals surface area contributed by atoms with E-state index in [1.807, 2.05) is 31.2 Å². The van der Waals surface area contributed by atoms with Crippen LogP contribution < -0.4 is 10.5 Å². The van der Waals surface area contributed by atoms with Gasteiger partial charge in [0, 0.05) is 11.3 Å². The van der Waals surface area contributed by atoms with Gasteiger partial charge in [0.1, 0.15) is 5.82 Å². The third kappa shape index (κ3) is 5.56. The summed E-state index contributed by atoms with van der Waals surface area (Å²) in [6, 6.07) is 18.3. The zero-order valence-corrected chi connectivity index (χ0v) is 19.9. The van der Waals surface area contributed by atoms with Crippen LogP contribution in [0.2, 0.25) is 0 Å². The van der Waals surface area contributed by atoms with Crippen LogP contribution in [0.5, 0.6) is 0 Å². The molecule has 0 radical (unpaired) electrons. The molecule has 1 unspecified atom stereocenters. The number of aromatic amines is 1. The van der Waals surface area contributed by atoms with Crippen molar-refractivity contribution < 1.29 is 22.7 Å². The summed E-state index contributed by atoms with van der Waals surface area (Å²) in [4.78, 5) is 33.1. The molecule has 3 aromatic carbocycles. The Labute approximate surface area is 202 Å². The smallest absolute Gasteiger partial charge is 0.338 e. The summed E-state index contributed by atoms with van der Waals surface area (Å²) in [6.45, 7) is 3.72. The normalized spacial score (nSPS) is 12.3. The second-order valence-electron chi connectivity index (χ2n) is 8.04. The van der Waals surface area contributed by atoms with Gasteiger partial charge in [-0.05, 0) is 55.8 Å². The summed E-state index contributed by atoms with van der Waals surface area (Å²) in [5.41, 5.74) is 4.06. The van der Waals surface area contributed by atoms with E-state index in [2.05, 4.69) is 15.3 Å². The number of nitrogens with zero attached hydrogens (tertiary/aromatic N) is 1. The summed E-state index contributed by atoms with van der Waals surface area (Å²) >= 11 is 0. The predicted molar refractivity (Wildman–Crippen MR) is 132 cm³/mol. The first-order chi connectivity index (χ1) is 16.6. The van der Waals surface area contributed by atoms with Crippen LogP contribution in [-0.4, -0.2) is 36.4 Å². The largest absolute Gasteiger partial charge is 0.449 e. The van der Waals surface area contributed by atoms with Gasteiger partial charge in [-0.2, -0.15) is 0 Å². The van der Waals surface area contributed by atoms with Crippen molar-refractivity contribution in [2.75, 3.05) is 5.32 Å². The Morgan fingerprint density at radius 2 is 1.74 bits per heavy atom. The molecule has 1 aromatic heterocycles. The Kier molecular flexibility index (Phi) is 6.68. The minimum atomic E-state index is -3.84. The summed E-state index contributed by atoms with van der Waals surface area (Å²) in [7, 11) is -3.84. The second kappa shape index (κ2) is 9.69. The molecule has 1 atom stereocenters. The van der Waals surface area contributed by atoms with E-state index in [4.69, 9.17) is 9.88 Å². The van der Waals surface area contributed by atoms with E-state index in [1.54, 1.807) is 25.1 Å². The van der Waals surface area contributed by atoms with Crippen molar-refractivity contribution in [2.24, 2.45) is 5.14 Å². The Morgan fingerprint density at radius 1 is 1.06 bits per heavy atom. The molecule has 0 aliphatic heterocycles. The van der Waals surface area contributed by atoms with Crippen molar-refractivity contribution in [2.45, 2.75) is 31.3 Å². The fraction of sp³-hybridized carbons (Fsp3) is 0.160. The Balaban J connectivity index is 1.46. The number of H-pyrrole nitrogens is 1. The van der Waals surface area contributed by atoms with Crippen LogP contribution >= 0.6 is 0 Å². The van der Waals surface area contributed by atoms with E-state index in [-0.39, 0.29) is 16.9 Å². The van der Waals surface area contributed by atoms with Crippen molar-refractivity contribution >= 4 is 38.6 Å². The zero-order chi connectivity index (χ0) is 25.2. The minimum Gasteiger partial charge on any atom is -0.449 e. The lowest BCUT2D eigenvalue weighted by Gasteiger charge is -2.16. The highest BCUT2D eigenvalue weighted by molar-refractivity contribution is 7.89. The highest BCUT2D eigenvalue weighted by atomic mass is 32.2. The lowest BCUT2D eigenvalue weighted by molar-refractivity contribution is -0.124. The maximum absolute atomic E-state index is 12.8. The molecule has 10 heteroatoms. The van der Waals surface area contributed by atoms with Gasteiger partial charge in [-0.1, -0.05) is 36.8 Å². The standard InChI is InChI=1S/C25H24N4O5S/c1-3-22(24(30)27-18-9-11-19(12-10-18)35(26,32)33)34-25(31)17-8-13-20-21(14-17)29-23(28-20)16-6-4-15(2)5-7-16/h4-14,22H,3H2,1-2H3,(H,27,30)(H,28,29)(H2,26,32,33). The number of anilines is 1. The van der Waals surface area contributed by atoms with Crippen molar-refractivity contribution in [3.63, 3.8) is 0 Å². The van der Waals surface area contributed by atoms with Gasteiger partial charge in [0.15, 0.2) is 6.10 Å².